The zero-order valence-electron chi connectivity index (χ0n) is 6.65. The molecule has 86 valence electrons. The van der Waals surface area contributed by atoms with Crippen LogP contribution in [0.1, 0.15) is 6.92 Å². The zero-order chi connectivity index (χ0) is 12.2. The molecule has 0 amide bonds. The van der Waals surface area contributed by atoms with Crippen LogP contribution < -0.4 is 0 Å². The summed E-state index contributed by atoms with van der Waals surface area (Å²) in [6.07, 6.45) is -10.8. The third-order valence-corrected chi connectivity index (χ3v) is 0.878. The summed E-state index contributed by atoms with van der Waals surface area (Å²) >= 11 is 0. The van der Waals surface area contributed by atoms with Crippen molar-refractivity contribution in [2.24, 2.45) is 0 Å². The van der Waals surface area contributed by atoms with Gasteiger partial charge in [0, 0.05) is 0 Å². The van der Waals surface area contributed by atoms with E-state index in [1.165, 1.54) is 0 Å². The highest BCUT2D eigenvalue weighted by atomic mass is 19.4. The molecule has 0 saturated heterocycles. The molecule has 0 rings (SSSR count). The van der Waals surface area contributed by atoms with Crippen LogP contribution in [0.4, 0.5) is 31.1 Å². The summed E-state index contributed by atoms with van der Waals surface area (Å²) in [5.74, 6) is -5.23. The average Bonchev–Trinajstić information content (AvgIpc) is 1.82. The molecule has 1 atom stereocenters. The number of rotatable bonds is 1. The van der Waals surface area contributed by atoms with Crippen molar-refractivity contribution in [3.8, 4) is 0 Å². The molecule has 0 aliphatic carbocycles. The van der Waals surface area contributed by atoms with Gasteiger partial charge in [-0.3, -0.25) is 0 Å². The molecule has 0 aliphatic rings. The first-order valence-electron chi connectivity index (χ1n) is 2.93. The van der Waals surface area contributed by atoms with E-state index >= 15 is 0 Å². The van der Waals surface area contributed by atoms with Gasteiger partial charge in [0.2, 0.25) is 0 Å². The Bertz CT molecular complexity index is 182. The summed E-state index contributed by atoms with van der Waals surface area (Å²) < 4.78 is 67.9. The first-order valence-corrected chi connectivity index (χ1v) is 2.93. The molecule has 14 heavy (non-hydrogen) atoms. The first kappa shape index (κ1) is 15.3. The number of hydrogen-bond donors (Lipinski definition) is 2. The molecule has 0 aliphatic heterocycles. The average molecular weight is 228 g/mol. The van der Waals surface area contributed by atoms with E-state index in [1.807, 2.05) is 0 Å². The summed E-state index contributed by atoms with van der Waals surface area (Å²) in [7, 11) is 0. The van der Waals surface area contributed by atoms with E-state index in [1.54, 1.807) is 0 Å². The predicted octanol–water partition coefficient (Wildman–Crippen LogP) is 2.76. The van der Waals surface area contributed by atoms with Crippen molar-refractivity contribution >= 4 is 6.16 Å². The highest BCUT2D eigenvalue weighted by Gasteiger charge is 2.61. The van der Waals surface area contributed by atoms with Gasteiger partial charge in [-0.15, -0.1) is 0 Å². The minimum atomic E-state index is -5.79. The van der Waals surface area contributed by atoms with Gasteiger partial charge in [0.05, 0.1) is 0 Å². The molecule has 0 aromatic rings. The van der Waals surface area contributed by atoms with Gasteiger partial charge in [-0.1, -0.05) is 0 Å². The van der Waals surface area contributed by atoms with Gasteiger partial charge in [-0.25, -0.2) is 9.18 Å². The quantitative estimate of drug-likeness (QED) is 0.678. The number of alkyl halides is 6. The van der Waals surface area contributed by atoms with Crippen molar-refractivity contribution in [1.29, 1.82) is 0 Å². The third kappa shape index (κ3) is 5.49. The van der Waals surface area contributed by atoms with Gasteiger partial charge < -0.3 is 10.2 Å². The number of halogens is 6. The monoisotopic (exact) mass is 228 g/mol. The Labute approximate surface area is 73.9 Å². The Balaban J connectivity index is 0. The number of hydrogen-bond acceptors (Lipinski definition) is 1. The summed E-state index contributed by atoms with van der Waals surface area (Å²) in [4.78, 5) is 8.56. The lowest BCUT2D eigenvalue weighted by Crippen LogP contribution is -2.43. The minimum absolute atomic E-state index is 0.160. The maximum Gasteiger partial charge on any atom is 0.503 e. The highest BCUT2D eigenvalue weighted by molar-refractivity contribution is 5.53. The summed E-state index contributed by atoms with van der Waals surface area (Å²) in [5, 5.41) is 13.9. The Morgan fingerprint density at radius 2 is 1.36 bits per heavy atom. The van der Waals surface area contributed by atoms with E-state index < -0.39 is 24.4 Å². The summed E-state index contributed by atoms with van der Waals surface area (Å²) in [5.41, 5.74) is 0. The third-order valence-electron chi connectivity index (χ3n) is 0.878. The zero-order valence-corrected chi connectivity index (χ0v) is 6.65. The van der Waals surface area contributed by atoms with E-state index in [0.717, 1.165) is 0 Å². The van der Waals surface area contributed by atoms with Crippen LogP contribution in [0.3, 0.4) is 0 Å². The normalized spacial score (nSPS) is 13.9. The Hall–Kier alpha value is -1.15. The molecule has 0 bridgehead atoms. The number of carboxylic acid groups (broad SMARTS) is 2. The molecule has 0 spiro atoms. The lowest BCUT2D eigenvalue weighted by molar-refractivity contribution is -0.300. The molecule has 0 saturated carbocycles. The van der Waals surface area contributed by atoms with Crippen LogP contribution in [-0.4, -0.2) is 34.6 Å². The SMILES string of the molecule is CC(F)C(F)(F)C(F)(F)F.O=C(O)O. The largest absolute Gasteiger partial charge is 0.503 e. The molecule has 2 N–H and O–H groups in total. The smallest absolute Gasteiger partial charge is 0.450 e. The second kappa shape index (κ2) is 4.91. The highest BCUT2D eigenvalue weighted by Crippen LogP contribution is 2.38. The maximum absolute atomic E-state index is 11.6. The van der Waals surface area contributed by atoms with E-state index in [0.29, 0.717) is 0 Å². The lowest BCUT2D eigenvalue weighted by Gasteiger charge is -2.19. The van der Waals surface area contributed by atoms with Gasteiger partial charge >= 0.3 is 18.3 Å². The van der Waals surface area contributed by atoms with Crippen LogP contribution in [0.2, 0.25) is 0 Å². The fraction of sp³-hybridized carbons (Fsp3) is 0.800. The van der Waals surface area contributed by atoms with Crippen molar-refractivity contribution in [1.82, 2.24) is 0 Å². The van der Waals surface area contributed by atoms with Crippen LogP contribution in [0.25, 0.3) is 0 Å². The van der Waals surface area contributed by atoms with Crippen molar-refractivity contribution in [2.45, 2.75) is 25.2 Å². The van der Waals surface area contributed by atoms with Gasteiger partial charge in [0.1, 0.15) is 0 Å². The predicted molar refractivity (Wildman–Crippen MR) is 32.2 cm³/mol. The Morgan fingerprint density at radius 3 is 1.36 bits per heavy atom. The molecular weight excluding hydrogens is 222 g/mol. The molecule has 0 radical (unpaired) electrons. The molecular formula is C5H6F6O3. The molecule has 0 aromatic carbocycles. The van der Waals surface area contributed by atoms with E-state index in [4.69, 9.17) is 15.0 Å². The number of carbonyl (C=O) groups is 1. The van der Waals surface area contributed by atoms with Crippen LogP contribution in [0.5, 0.6) is 0 Å². The fourth-order valence-corrected chi connectivity index (χ4v) is 0.226. The van der Waals surface area contributed by atoms with E-state index in [9.17, 15) is 26.3 Å². The fourth-order valence-electron chi connectivity index (χ4n) is 0.226. The standard InChI is InChI=1S/C4H4F6.CH2O3/c1-2(5)3(6,7)4(8,9)10;2-1(3)4/h2H,1H3;(H2,2,3,4). The molecule has 9 heteroatoms. The maximum atomic E-state index is 11.6. The molecule has 0 heterocycles. The van der Waals surface area contributed by atoms with Gasteiger partial charge in [-0.05, 0) is 6.92 Å². The second-order valence-corrected chi connectivity index (χ2v) is 2.02. The lowest BCUT2D eigenvalue weighted by atomic mass is 10.2. The Morgan fingerprint density at radius 1 is 1.14 bits per heavy atom. The molecule has 0 fully saturated rings. The summed E-state index contributed by atoms with van der Waals surface area (Å²) in [6.45, 7) is 0.160. The van der Waals surface area contributed by atoms with Gasteiger partial charge in [-0.2, -0.15) is 22.0 Å². The van der Waals surface area contributed by atoms with Gasteiger partial charge in [0.15, 0.2) is 6.17 Å². The minimum Gasteiger partial charge on any atom is -0.450 e. The second-order valence-electron chi connectivity index (χ2n) is 2.02. The van der Waals surface area contributed by atoms with Crippen LogP contribution in [-0.2, 0) is 0 Å². The van der Waals surface area contributed by atoms with Crippen molar-refractivity contribution in [3.05, 3.63) is 0 Å². The van der Waals surface area contributed by atoms with E-state index in [2.05, 4.69) is 0 Å². The molecule has 0 aromatic heterocycles. The van der Waals surface area contributed by atoms with Crippen molar-refractivity contribution in [3.63, 3.8) is 0 Å². The van der Waals surface area contributed by atoms with Gasteiger partial charge in [0.25, 0.3) is 0 Å². The van der Waals surface area contributed by atoms with Crippen molar-refractivity contribution < 1.29 is 41.4 Å². The van der Waals surface area contributed by atoms with Crippen LogP contribution in [0.15, 0.2) is 0 Å². The van der Waals surface area contributed by atoms with Crippen LogP contribution in [0, 0.1) is 0 Å². The van der Waals surface area contributed by atoms with Crippen molar-refractivity contribution in [2.75, 3.05) is 0 Å². The van der Waals surface area contributed by atoms with E-state index in [-0.39, 0.29) is 6.92 Å². The Kier molecular flexibility index (Phi) is 5.38. The van der Waals surface area contributed by atoms with Crippen LogP contribution >= 0.6 is 0 Å². The molecule has 1 unspecified atom stereocenters. The first-order chi connectivity index (χ1) is 5.93. The molecule has 3 nitrogen and oxygen atoms in total. The topological polar surface area (TPSA) is 57.5 Å². The summed E-state index contributed by atoms with van der Waals surface area (Å²) in [6, 6.07) is 0.